The van der Waals surface area contributed by atoms with Crippen LogP contribution in [0.5, 0.6) is 0 Å². The summed E-state index contributed by atoms with van der Waals surface area (Å²) in [5.41, 5.74) is 1.02. The van der Waals surface area contributed by atoms with E-state index in [4.69, 9.17) is 5.11 Å². The van der Waals surface area contributed by atoms with Gasteiger partial charge in [0, 0.05) is 10.0 Å². The Morgan fingerprint density at radius 3 is 2.24 bits per heavy atom. The molecule has 25 heavy (non-hydrogen) atoms. The second kappa shape index (κ2) is 8.79. The number of amides is 2. The molecule has 0 saturated heterocycles. The number of carbonyl (C=O) groups is 3. The summed E-state index contributed by atoms with van der Waals surface area (Å²) in [5.74, 6) is -2.32. The maximum atomic E-state index is 12.3. The van der Waals surface area contributed by atoms with Gasteiger partial charge in [-0.25, -0.2) is 0 Å². The molecule has 7 heteroatoms. The van der Waals surface area contributed by atoms with Gasteiger partial charge in [0.2, 0.25) is 0 Å². The molecule has 0 aliphatic rings. The van der Waals surface area contributed by atoms with E-state index in [0.717, 1.165) is 4.47 Å². The lowest BCUT2D eigenvalue weighted by Crippen LogP contribution is -2.37. The van der Waals surface area contributed by atoms with E-state index in [-0.39, 0.29) is 5.70 Å². The van der Waals surface area contributed by atoms with Crippen LogP contribution in [0, 0.1) is 0 Å². The van der Waals surface area contributed by atoms with Gasteiger partial charge in [0.25, 0.3) is 11.8 Å². The van der Waals surface area contributed by atoms with Crippen LogP contribution in [0.15, 0.2) is 64.8 Å². The Balaban J connectivity index is 2.24. The lowest BCUT2D eigenvalue weighted by atomic mass is 10.1. The largest absolute Gasteiger partial charge is 0.480 e. The van der Waals surface area contributed by atoms with Crippen molar-refractivity contribution in [3.05, 3.63) is 75.9 Å². The van der Waals surface area contributed by atoms with Gasteiger partial charge in [0.15, 0.2) is 0 Å². The minimum atomic E-state index is -1.18. The SMILES string of the molecule is O=C(O)CNC(=O)/C(=C\c1ccc(Br)cc1)NC(=O)c1ccccc1. The highest BCUT2D eigenvalue weighted by molar-refractivity contribution is 9.10. The number of aliphatic carboxylic acids is 1. The molecule has 0 fully saturated rings. The van der Waals surface area contributed by atoms with Crippen molar-refractivity contribution < 1.29 is 19.5 Å². The number of hydrogen-bond donors (Lipinski definition) is 3. The third-order valence-corrected chi connectivity index (χ3v) is 3.64. The number of halogens is 1. The lowest BCUT2D eigenvalue weighted by molar-refractivity contribution is -0.137. The van der Waals surface area contributed by atoms with E-state index in [1.54, 1.807) is 54.6 Å². The van der Waals surface area contributed by atoms with Gasteiger partial charge >= 0.3 is 5.97 Å². The van der Waals surface area contributed by atoms with Crippen LogP contribution in [-0.2, 0) is 9.59 Å². The zero-order valence-corrected chi connectivity index (χ0v) is 14.6. The summed E-state index contributed by atoms with van der Waals surface area (Å²) in [4.78, 5) is 35.1. The van der Waals surface area contributed by atoms with E-state index in [0.29, 0.717) is 11.1 Å². The Labute approximate surface area is 152 Å². The first-order valence-electron chi connectivity index (χ1n) is 7.29. The fourth-order valence-electron chi connectivity index (χ4n) is 1.92. The zero-order chi connectivity index (χ0) is 18.2. The van der Waals surface area contributed by atoms with Crippen LogP contribution >= 0.6 is 15.9 Å². The van der Waals surface area contributed by atoms with E-state index in [1.807, 2.05) is 0 Å². The summed E-state index contributed by atoms with van der Waals surface area (Å²) in [6.07, 6.45) is 1.48. The normalized spacial score (nSPS) is 10.8. The van der Waals surface area contributed by atoms with Crippen LogP contribution in [0.4, 0.5) is 0 Å². The Bertz CT molecular complexity index is 802. The van der Waals surface area contributed by atoms with Crippen molar-refractivity contribution in [3.8, 4) is 0 Å². The number of carbonyl (C=O) groups excluding carboxylic acids is 2. The Hall–Kier alpha value is -2.93. The van der Waals surface area contributed by atoms with E-state index in [1.165, 1.54) is 6.08 Å². The summed E-state index contributed by atoms with van der Waals surface area (Å²) in [6.45, 7) is -0.544. The predicted molar refractivity (Wildman–Crippen MR) is 96.7 cm³/mol. The van der Waals surface area contributed by atoms with Gasteiger partial charge in [0.05, 0.1) is 0 Å². The molecular formula is C18H15BrN2O4. The lowest BCUT2D eigenvalue weighted by Gasteiger charge is -2.10. The van der Waals surface area contributed by atoms with Crippen molar-refractivity contribution >= 4 is 39.8 Å². The molecule has 6 nitrogen and oxygen atoms in total. The van der Waals surface area contributed by atoms with Crippen molar-refractivity contribution in [1.29, 1.82) is 0 Å². The number of carboxylic acids is 1. The maximum Gasteiger partial charge on any atom is 0.322 e. The third kappa shape index (κ3) is 5.89. The second-order valence-electron chi connectivity index (χ2n) is 5.01. The molecule has 3 N–H and O–H groups in total. The topological polar surface area (TPSA) is 95.5 Å². The fraction of sp³-hybridized carbons (Fsp3) is 0.0556. The molecule has 2 aromatic rings. The van der Waals surface area contributed by atoms with Crippen LogP contribution in [0.3, 0.4) is 0 Å². The van der Waals surface area contributed by atoms with Gasteiger partial charge in [-0.1, -0.05) is 46.3 Å². The molecule has 0 spiro atoms. The summed E-state index contributed by atoms with van der Waals surface area (Å²) in [5, 5.41) is 13.5. The molecule has 0 bridgehead atoms. The average molecular weight is 403 g/mol. The van der Waals surface area contributed by atoms with Crippen molar-refractivity contribution in [2.24, 2.45) is 0 Å². The van der Waals surface area contributed by atoms with E-state index in [2.05, 4.69) is 26.6 Å². The Kier molecular flexibility index (Phi) is 6.47. The summed E-state index contributed by atoms with van der Waals surface area (Å²) < 4.78 is 0.870. The number of nitrogens with one attached hydrogen (secondary N) is 2. The second-order valence-corrected chi connectivity index (χ2v) is 5.92. The molecule has 0 aliphatic heterocycles. The quantitative estimate of drug-likeness (QED) is 0.646. The molecule has 2 aromatic carbocycles. The Morgan fingerprint density at radius 2 is 1.64 bits per heavy atom. The van der Waals surface area contributed by atoms with E-state index >= 15 is 0 Å². The number of rotatable bonds is 6. The third-order valence-electron chi connectivity index (χ3n) is 3.11. The molecule has 0 saturated carbocycles. The first-order valence-corrected chi connectivity index (χ1v) is 8.08. The highest BCUT2D eigenvalue weighted by Crippen LogP contribution is 2.13. The molecule has 0 unspecified atom stereocenters. The van der Waals surface area contributed by atoms with Crippen molar-refractivity contribution in [2.75, 3.05) is 6.54 Å². The highest BCUT2D eigenvalue weighted by atomic mass is 79.9. The monoisotopic (exact) mass is 402 g/mol. The van der Waals surface area contributed by atoms with Crippen molar-refractivity contribution in [1.82, 2.24) is 10.6 Å². The minimum absolute atomic E-state index is 0.0441. The summed E-state index contributed by atoms with van der Waals surface area (Å²) in [7, 11) is 0. The van der Waals surface area contributed by atoms with Crippen LogP contribution < -0.4 is 10.6 Å². The average Bonchev–Trinajstić information content (AvgIpc) is 2.61. The highest BCUT2D eigenvalue weighted by Gasteiger charge is 2.15. The van der Waals surface area contributed by atoms with Gasteiger partial charge < -0.3 is 15.7 Å². The molecule has 2 rings (SSSR count). The van der Waals surface area contributed by atoms with E-state index in [9.17, 15) is 14.4 Å². The molecular weight excluding hydrogens is 388 g/mol. The van der Waals surface area contributed by atoms with Crippen LogP contribution in [0.1, 0.15) is 15.9 Å². The number of hydrogen-bond acceptors (Lipinski definition) is 3. The minimum Gasteiger partial charge on any atom is -0.480 e. The molecule has 0 atom stereocenters. The van der Waals surface area contributed by atoms with E-state index < -0.39 is 24.3 Å². The van der Waals surface area contributed by atoms with Crippen LogP contribution in [0.25, 0.3) is 6.08 Å². The van der Waals surface area contributed by atoms with Gasteiger partial charge in [-0.05, 0) is 35.9 Å². The summed E-state index contributed by atoms with van der Waals surface area (Å²) >= 11 is 3.32. The molecule has 0 aromatic heterocycles. The first kappa shape index (κ1) is 18.4. The van der Waals surface area contributed by atoms with Crippen LogP contribution in [-0.4, -0.2) is 29.4 Å². The maximum absolute atomic E-state index is 12.3. The number of benzene rings is 2. The van der Waals surface area contributed by atoms with Crippen LogP contribution in [0.2, 0.25) is 0 Å². The molecule has 2 amide bonds. The standard InChI is InChI=1S/C18H15BrN2O4/c19-14-8-6-12(7-9-14)10-15(18(25)20-11-16(22)23)21-17(24)13-4-2-1-3-5-13/h1-10H,11H2,(H,20,25)(H,21,24)(H,22,23)/b15-10+. The van der Waals surface area contributed by atoms with Gasteiger partial charge in [-0.2, -0.15) is 0 Å². The molecule has 0 aliphatic carbocycles. The summed E-state index contributed by atoms with van der Waals surface area (Å²) in [6, 6.07) is 15.5. The van der Waals surface area contributed by atoms with Gasteiger partial charge in [-0.15, -0.1) is 0 Å². The molecule has 0 heterocycles. The predicted octanol–water partition coefficient (Wildman–Crippen LogP) is 2.42. The van der Waals surface area contributed by atoms with Gasteiger partial charge in [0.1, 0.15) is 12.2 Å². The molecule has 128 valence electrons. The zero-order valence-electron chi connectivity index (χ0n) is 13.0. The first-order chi connectivity index (χ1) is 12.0. The Morgan fingerprint density at radius 1 is 1.00 bits per heavy atom. The number of carboxylic acid groups (broad SMARTS) is 1. The fourth-order valence-corrected chi connectivity index (χ4v) is 2.18. The van der Waals surface area contributed by atoms with Crippen molar-refractivity contribution in [2.45, 2.75) is 0 Å². The smallest absolute Gasteiger partial charge is 0.322 e. The van der Waals surface area contributed by atoms with Gasteiger partial charge in [-0.3, -0.25) is 14.4 Å². The molecule has 0 radical (unpaired) electrons. The van der Waals surface area contributed by atoms with Crippen molar-refractivity contribution in [3.63, 3.8) is 0 Å².